The van der Waals surface area contributed by atoms with E-state index in [1.807, 2.05) is 6.07 Å². The van der Waals surface area contributed by atoms with Crippen molar-refractivity contribution in [2.45, 2.75) is 78.1 Å². The van der Waals surface area contributed by atoms with Crippen LogP contribution >= 0.6 is 0 Å². The van der Waals surface area contributed by atoms with Gasteiger partial charge in [0.2, 0.25) is 0 Å². The Balaban J connectivity index is 0.000000577. The predicted molar refractivity (Wildman–Crippen MR) is 111 cm³/mol. The molecule has 1 aromatic carbocycles. The number of hydrogen-bond donors (Lipinski definition) is 3. The molecule has 1 atom stereocenters. The molecule has 3 N–H and O–H groups in total. The second-order valence-electron chi connectivity index (χ2n) is 7.00. The summed E-state index contributed by atoms with van der Waals surface area (Å²) in [6.07, 6.45) is 5.30. The Kier molecular flexibility index (Phi) is 15.1. The lowest BCUT2D eigenvalue weighted by Crippen LogP contribution is -2.43. The highest BCUT2D eigenvalue weighted by Crippen LogP contribution is 2.18. The molecule has 0 spiro atoms. The zero-order valence-electron chi connectivity index (χ0n) is 16.9. The molecule has 0 aliphatic carbocycles. The largest absolute Gasteiger partial charge is 0.480 e. The topological polar surface area (TPSA) is 69.6 Å². The van der Waals surface area contributed by atoms with Crippen molar-refractivity contribution in [2.24, 2.45) is 5.92 Å². The average Bonchev–Trinajstić information content (AvgIpc) is 2.63. The summed E-state index contributed by atoms with van der Waals surface area (Å²) in [6, 6.07) is 10.1. The van der Waals surface area contributed by atoms with Crippen molar-refractivity contribution in [3.8, 4) is 0 Å². The Morgan fingerprint density at radius 3 is 2.08 bits per heavy atom. The number of benzene rings is 1. The zero-order chi connectivity index (χ0) is 19.8. The molecule has 1 radical (unpaired) electrons. The van der Waals surface area contributed by atoms with Gasteiger partial charge in [-0.2, -0.15) is 0 Å². The average molecular weight is 362 g/mol. The van der Waals surface area contributed by atoms with E-state index in [-0.39, 0.29) is 5.92 Å². The second-order valence-corrected chi connectivity index (χ2v) is 7.00. The van der Waals surface area contributed by atoms with Crippen molar-refractivity contribution in [3.63, 3.8) is 0 Å². The molecule has 0 aliphatic heterocycles. The van der Waals surface area contributed by atoms with Crippen molar-refractivity contribution in [2.75, 3.05) is 6.54 Å². The Labute approximate surface area is 160 Å². The van der Waals surface area contributed by atoms with Gasteiger partial charge in [0.25, 0.3) is 7.48 Å². The van der Waals surface area contributed by atoms with E-state index in [0.717, 1.165) is 39.6 Å². The summed E-state index contributed by atoms with van der Waals surface area (Å²) in [6.45, 7) is 9.22. The molecule has 26 heavy (non-hydrogen) atoms. The molecule has 0 aromatic heterocycles. The van der Waals surface area contributed by atoms with Gasteiger partial charge in [0.1, 0.15) is 6.04 Å². The molecule has 0 heterocycles. The Hall–Kier alpha value is -1.33. The Morgan fingerprint density at radius 1 is 1.12 bits per heavy atom. The molecule has 1 aromatic rings. The van der Waals surface area contributed by atoms with E-state index < -0.39 is 12.0 Å². The monoisotopic (exact) mass is 362 g/mol. The van der Waals surface area contributed by atoms with E-state index in [2.05, 4.69) is 57.3 Å². The highest BCUT2D eigenvalue weighted by Gasteiger charge is 2.25. The fourth-order valence-electron chi connectivity index (χ4n) is 2.96. The lowest BCUT2D eigenvalue weighted by molar-refractivity contribution is -0.141. The SMILES string of the molecule is CC(C)c1ccccc1.CCCC(CCC)C(NCCC[B]O)C(=O)O. The van der Waals surface area contributed by atoms with Crippen LogP contribution in [0.4, 0.5) is 0 Å². The van der Waals surface area contributed by atoms with Crippen LogP contribution in [0.5, 0.6) is 0 Å². The lowest BCUT2D eigenvalue weighted by atomic mass is 9.89. The first kappa shape index (κ1) is 24.7. The van der Waals surface area contributed by atoms with Crippen molar-refractivity contribution in [1.29, 1.82) is 0 Å². The normalized spacial score (nSPS) is 11.8. The number of carbonyl (C=O) groups is 1. The van der Waals surface area contributed by atoms with Crippen LogP contribution in [0.1, 0.15) is 71.3 Å². The first-order valence-electron chi connectivity index (χ1n) is 9.94. The summed E-state index contributed by atoms with van der Waals surface area (Å²) in [7, 11) is 1.12. The summed E-state index contributed by atoms with van der Waals surface area (Å²) < 4.78 is 0. The van der Waals surface area contributed by atoms with Crippen molar-refractivity contribution >= 4 is 13.5 Å². The molecule has 0 aliphatic rings. The maximum absolute atomic E-state index is 11.2. The van der Waals surface area contributed by atoms with E-state index in [0.29, 0.717) is 18.8 Å². The summed E-state index contributed by atoms with van der Waals surface area (Å²) in [5.74, 6) is 0.108. The van der Waals surface area contributed by atoms with Crippen molar-refractivity contribution in [3.05, 3.63) is 35.9 Å². The van der Waals surface area contributed by atoms with E-state index in [1.54, 1.807) is 0 Å². The van der Waals surface area contributed by atoms with Crippen LogP contribution in [-0.2, 0) is 4.79 Å². The fourth-order valence-corrected chi connectivity index (χ4v) is 2.96. The van der Waals surface area contributed by atoms with Gasteiger partial charge in [-0.05, 0) is 43.2 Å². The molecule has 0 fully saturated rings. The lowest BCUT2D eigenvalue weighted by Gasteiger charge is -2.24. The minimum Gasteiger partial charge on any atom is -0.480 e. The van der Waals surface area contributed by atoms with Crippen LogP contribution < -0.4 is 5.32 Å². The van der Waals surface area contributed by atoms with E-state index in [9.17, 15) is 9.90 Å². The molecule has 1 unspecified atom stereocenters. The van der Waals surface area contributed by atoms with Crippen LogP contribution in [0, 0.1) is 5.92 Å². The number of aliphatic carboxylic acids is 1. The first-order valence-corrected chi connectivity index (χ1v) is 9.94. The summed E-state index contributed by atoms with van der Waals surface area (Å²) in [4.78, 5) is 11.2. The van der Waals surface area contributed by atoms with Crippen LogP contribution in [-0.4, -0.2) is 36.2 Å². The molecular formula is C21H37BNO3. The number of rotatable bonds is 12. The van der Waals surface area contributed by atoms with Crippen LogP contribution in [0.25, 0.3) is 0 Å². The highest BCUT2D eigenvalue weighted by atomic mass is 16.4. The third-order valence-corrected chi connectivity index (χ3v) is 4.40. The number of carboxylic acid groups (broad SMARTS) is 1. The Bertz CT molecular complexity index is 448. The molecule has 0 bridgehead atoms. The molecule has 5 heteroatoms. The van der Waals surface area contributed by atoms with Crippen LogP contribution in [0.15, 0.2) is 30.3 Å². The third kappa shape index (κ3) is 11.3. The molecule has 0 saturated heterocycles. The maximum atomic E-state index is 11.2. The van der Waals surface area contributed by atoms with Gasteiger partial charge in [0.15, 0.2) is 0 Å². The van der Waals surface area contributed by atoms with E-state index >= 15 is 0 Å². The van der Waals surface area contributed by atoms with Gasteiger partial charge in [-0.25, -0.2) is 0 Å². The van der Waals surface area contributed by atoms with Gasteiger partial charge in [0.05, 0.1) is 0 Å². The minimum atomic E-state index is -0.759. The molecule has 147 valence electrons. The quantitative estimate of drug-likeness (QED) is 0.379. The number of hydrogen-bond acceptors (Lipinski definition) is 3. The van der Waals surface area contributed by atoms with Gasteiger partial charge in [-0.15, -0.1) is 0 Å². The molecule has 0 saturated carbocycles. The molecular weight excluding hydrogens is 325 g/mol. The maximum Gasteiger partial charge on any atom is 0.320 e. The fraction of sp³-hybridized carbons (Fsp3) is 0.667. The van der Waals surface area contributed by atoms with Gasteiger partial charge in [0, 0.05) is 0 Å². The van der Waals surface area contributed by atoms with Crippen molar-refractivity contribution in [1.82, 2.24) is 5.32 Å². The Morgan fingerprint density at radius 2 is 1.69 bits per heavy atom. The number of nitrogens with one attached hydrogen (secondary N) is 1. The van der Waals surface area contributed by atoms with E-state index in [4.69, 9.17) is 5.02 Å². The van der Waals surface area contributed by atoms with Gasteiger partial charge in [-0.1, -0.05) is 77.2 Å². The standard InChI is InChI=1S/C12H25BNO3.C9H12/c1-3-6-10(7-4-2)11(12(15)16)14-9-5-8-13-17;1-8(2)9-6-4-3-5-7-9/h10-11,14,17H,3-9H2,1-2H3,(H,15,16);3-8H,1-2H3. The second kappa shape index (κ2) is 15.9. The molecule has 1 rings (SSSR count). The van der Waals surface area contributed by atoms with Gasteiger partial charge >= 0.3 is 5.97 Å². The molecule has 4 nitrogen and oxygen atoms in total. The van der Waals surface area contributed by atoms with Crippen LogP contribution in [0.3, 0.4) is 0 Å². The summed E-state index contributed by atoms with van der Waals surface area (Å²) >= 11 is 0. The van der Waals surface area contributed by atoms with Crippen LogP contribution in [0.2, 0.25) is 6.32 Å². The summed E-state index contributed by atoms with van der Waals surface area (Å²) in [5, 5.41) is 20.9. The predicted octanol–water partition coefficient (Wildman–Crippen LogP) is 4.48. The summed E-state index contributed by atoms with van der Waals surface area (Å²) in [5.41, 5.74) is 1.41. The van der Waals surface area contributed by atoms with Crippen molar-refractivity contribution < 1.29 is 14.9 Å². The zero-order valence-corrected chi connectivity index (χ0v) is 16.9. The van der Waals surface area contributed by atoms with Gasteiger partial charge in [-0.3, -0.25) is 4.79 Å². The number of carboxylic acids is 1. The molecule has 0 amide bonds. The highest BCUT2D eigenvalue weighted by molar-refractivity contribution is 6.25. The van der Waals surface area contributed by atoms with Gasteiger partial charge < -0.3 is 15.4 Å². The smallest absolute Gasteiger partial charge is 0.320 e. The first-order chi connectivity index (χ1) is 12.5. The minimum absolute atomic E-state index is 0.209. The third-order valence-electron chi connectivity index (χ3n) is 4.40. The van der Waals surface area contributed by atoms with E-state index in [1.165, 1.54) is 5.56 Å².